The Kier molecular flexibility index (Phi) is 14.6. The Morgan fingerprint density at radius 1 is 0.930 bits per heavy atom. The minimum Gasteiger partial charge on any atom is -0.388 e. The number of likely N-dealkylation sites (N-methyl/N-ethyl adjacent to an activating group) is 2. The quantitative estimate of drug-likeness (QED) is 0.168. The van der Waals surface area contributed by atoms with E-state index in [1.54, 1.807) is 14.2 Å². The number of ether oxygens (including phenoxy) is 1. The molecule has 0 radical (unpaired) electrons. The molecule has 0 aliphatic heterocycles. The summed E-state index contributed by atoms with van der Waals surface area (Å²) in [5, 5.41) is 5.33. The van der Waals surface area contributed by atoms with Gasteiger partial charge in [0, 0.05) is 58.1 Å². The second-order valence-electron chi connectivity index (χ2n) is 10.3. The number of anilines is 1. The molecule has 0 aliphatic rings. The summed E-state index contributed by atoms with van der Waals surface area (Å²) in [6.45, 7) is 3.59. The average Bonchev–Trinajstić information content (AvgIpc) is 3.00. The van der Waals surface area contributed by atoms with Crippen molar-refractivity contribution in [3.63, 3.8) is 0 Å². The van der Waals surface area contributed by atoms with Gasteiger partial charge >= 0.3 is 0 Å². The predicted molar refractivity (Wildman–Crippen MR) is 171 cm³/mol. The molecule has 10 heteroatoms. The topological polar surface area (TPSA) is 120 Å². The van der Waals surface area contributed by atoms with Crippen molar-refractivity contribution < 1.29 is 23.9 Å². The van der Waals surface area contributed by atoms with E-state index in [0.717, 1.165) is 52.8 Å². The van der Waals surface area contributed by atoms with E-state index in [0.29, 0.717) is 18.3 Å². The number of hydrogen-bond donors (Lipinski definition) is 3. The van der Waals surface area contributed by atoms with Gasteiger partial charge in [-0.15, -0.1) is 0 Å². The predicted octanol–water partition coefficient (Wildman–Crippen LogP) is 3.43. The number of aryl methyl sites for hydroxylation is 1. The Balaban J connectivity index is 0.00000206. The second kappa shape index (κ2) is 18.1. The van der Waals surface area contributed by atoms with Crippen LogP contribution in [-0.2, 0) is 25.5 Å². The highest BCUT2D eigenvalue weighted by Crippen LogP contribution is 2.26. The van der Waals surface area contributed by atoms with Crippen LogP contribution in [0.2, 0.25) is 0 Å². The smallest absolute Gasteiger partial charge is 0.262 e. The molecular formula is C33H43N5O5. The van der Waals surface area contributed by atoms with Crippen LogP contribution in [0.1, 0.15) is 40.9 Å². The van der Waals surface area contributed by atoms with E-state index in [9.17, 15) is 19.2 Å². The Bertz CT molecular complexity index is 1400. The Morgan fingerprint density at radius 3 is 2.33 bits per heavy atom. The lowest BCUT2D eigenvalue weighted by Gasteiger charge is -2.23. The van der Waals surface area contributed by atoms with E-state index in [4.69, 9.17) is 0 Å². The van der Waals surface area contributed by atoms with Crippen molar-refractivity contribution in [3.8, 4) is 0 Å². The van der Waals surface area contributed by atoms with Gasteiger partial charge in [-0.05, 0) is 67.5 Å². The van der Waals surface area contributed by atoms with E-state index >= 15 is 0 Å². The summed E-state index contributed by atoms with van der Waals surface area (Å²) in [5.74, 6) is -1.27. The highest BCUT2D eigenvalue weighted by molar-refractivity contribution is 5.98. The molecule has 1 unspecified atom stereocenters. The van der Waals surface area contributed by atoms with Gasteiger partial charge in [-0.1, -0.05) is 48.5 Å². The third kappa shape index (κ3) is 11.3. The van der Waals surface area contributed by atoms with E-state index in [-0.39, 0.29) is 18.4 Å². The zero-order chi connectivity index (χ0) is 31.8. The SMILES string of the molecule is CC(NC(=O)c1cc(N(C)CCN(C)C)ccc1CCC(=O)NNC(=O)/C=C/C=O)c1cccc2ccccc12.COC. The van der Waals surface area contributed by atoms with Gasteiger partial charge in [-0.25, -0.2) is 0 Å². The van der Waals surface area contributed by atoms with Crippen molar-refractivity contribution in [1.82, 2.24) is 21.1 Å². The standard InChI is InChI=1S/C31H37N5O4.C2H6O/c1-22(26-12-7-10-23-9-5-6-11-27(23)26)32-31(40)28-21-25(36(4)19-18-35(2)3)16-14-24(28)15-17-30(39)34-33-29(38)13-8-20-37;1-3-2/h5-14,16,20-22H,15,17-19H2,1-4H3,(H,32,40)(H,33,38)(H,34,39);1-2H3/b13-8+;. The lowest BCUT2D eigenvalue weighted by Crippen LogP contribution is -2.40. The molecule has 10 nitrogen and oxygen atoms in total. The fraction of sp³-hybridized carbons (Fsp3) is 0.333. The number of allylic oxidation sites excluding steroid dienone is 1. The number of nitrogens with one attached hydrogen (secondary N) is 3. The number of hydrogen-bond acceptors (Lipinski definition) is 7. The van der Waals surface area contributed by atoms with Gasteiger partial charge in [0.05, 0.1) is 6.04 Å². The largest absolute Gasteiger partial charge is 0.388 e. The molecule has 0 aromatic heterocycles. The molecule has 0 saturated heterocycles. The Morgan fingerprint density at radius 2 is 1.63 bits per heavy atom. The van der Waals surface area contributed by atoms with Gasteiger partial charge in [0.1, 0.15) is 6.29 Å². The summed E-state index contributed by atoms with van der Waals surface area (Å²) in [6.07, 6.45) is 2.85. The minimum atomic E-state index is -0.618. The van der Waals surface area contributed by atoms with Gasteiger partial charge < -0.3 is 19.9 Å². The van der Waals surface area contributed by atoms with Crippen molar-refractivity contribution in [2.45, 2.75) is 25.8 Å². The first kappa shape index (κ1) is 34.7. The fourth-order valence-corrected chi connectivity index (χ4v) is 4.30. The molecule has 0 saturated carbocycles. The number of carbonyl (C=O) groups is 4. The number of methoxy groups -OCH3 is 1. The van der Waals surface area contributed by atoms with Gasteiger partial charge in [0.2, 0.25) is 5.91 Å². The van der Waals surface area contributed by atoms with Crippen LogP contribution < -0.4 is 21.1 Å². The summed E-state index contributed by atoms with van der Waals surface area (Å²) in [7, 11) is 9.25. The monoisotopic (exact) mass is 589 g/mol. The average molecular weight is 590 g/mol. The number of aldehydes is 1. The first-order valence-electron chi connectivity index (χ1n) is 14.0. The molecule has 0 heterocycles. The summed E-state index contributed by atoms with van der Waals surface area (Å²) in [6, 6.07) is 19.5. The zero-order valence-electron chi connectivity index (χ0n) is 25.8. The molecule has 3 aromatic carbocycles. The maximum atomic E-state index is 13.7. The van der Waals surface area contributed by atoms with Gasteiger partial charge in [0.25, 0.3) is 11.8 Å². The van der Waals surface area contributed by atoms with Crippen LogP contribution in [0.5, 0.6) is 0 Å². The highest BCUT2D eigenvalue weighted by Gasteiger charge is 2.19. The van der Waals surface area contributed by atoms with Crippen molar-refractivity contribution in [2.75, 3.05) is 53.4 Å². The number of amides is 3. The number of benzene rings is 3. The maximum Gasteiger partial charge on any atom is 0.262 e. The molecule has 1 atom stereocenters. The Labute approximate surface area is 254 Å². The normalized spacial score (nSPS) is 11.4. The zero-order valence-corrected chi connectivity index (χ0v) is 25.8. The van der Waals surface area contributed by atoms with Crippen molar-refractivity contribution in [1.29, 1.82) is 0 Å². The lowest BCUT2D eigenvalue weighted by atomic mass is 9.98. The summed E-state index contributed by atoms with van der Waals surface area (Å²) >= 11 is 0. The van der Waals surface area contributed by atoms with E-state index in [2.05, 4.69) is 30.7 Å². The van der Waals surface area contributed by atoms with Gasteiger partial charge in [-0.3, -0.25) is 30.0 Å². The number of fused-ring (bicyclic) bond motifs is 1. The third-order valence-corrected chi connectivity index (χ3v) is 6.57. The molecule has 0 aliphatic carbocycles. The van der Waals surface area contributed by atoms with E-state index < -0.39 is 11.8 Å². The van der Waals surface area contributed by atoms with Crippen LogP contribution in [-0.4, -0.2) is 77.4 Å². The molecule has 0 spiro atoms. The first-order valence-corrected chi connectivity index (χ1v) is 14.0. The third-order valence-electron chi connectivity index (χ3n) is 6.57. The summed E-state index contributed by atoms with van der Waals surface area (Å²) < 4.78 is 4.25. The van der Waals surface area contributed by atoms with Crippen LogP contribution in [0, 0.1) is 0 Å². The lowest BCUT2D eigenvalue weighted by molar-refractivity contribution is -0.126. The first-order chi connectivity index (χ1) is 20.6. The van der Waals surface area contributed by atoms with Crippen LogP contribution in [0.3, 0.4) is 0 Å². The fourth-order valence-electron chi connectivity index (χ4n) is 4.30. The number of hydrazine groups is 1. The molecule has 3 amide bonds. The molecular weight excluding hydrogens is 546 g/mol. The Hall–Kier alpha value is -4.54. The van der Waals surface area contributed by atoms with Crippen molar-refractivity contribution >= 4 is 40.5 Å². The molecule has 3 N–H and O–H groups in total. The number of rotatable bonds is 12. The minimum absolute atomic E-state index is 0.0483. The van der Waals surface area contributed by atoms with Gasteiger partial charge in [0.15, 0.2) is 0 Å². The molecule has 3 aromatic rings. The number of carbonyl (C=O) groups excluding carboxylic acids is 4. The van der Waals surface area contributed by atoms with Crippen molar-refractivity contribution in [3.05, 3.63) is 89.5 Å². The van der Waals surface area contributed by atoms with Crippen LogP contribution in [0.25, 0.3) is 10.8 Å². The molecule has 43 heavy (non-hydrogen) atoms. The van der Waals surface area contributed by atoms with Crippen LogP contribution in [0.4, 0.5) is 5.69 Å². The molecule has 0 fully saturated rings. The highest BCUT2D eigenvalue weighted by atomic mass is 16.4. The van der Waals surface area contributed by atoms with E-state index in [1.807, 2.05) is 88.7 Å². The summed E-state index contributed by atoms with van der Waals surface area (Å²) in [5.41, 5.74) is 7.67. The molecule has 0 bridgehead atoms. The van der Waals surface area contributed by atoms with E-state index in [1.165, 1.54) is 0 Å². The molecule has 230 valence electrons. The van der Waals surface area contributed by atoms with Crippen molar-refractivity contribution in [2.24, 2.45) is 0 Å². The number of nitrogens with zero attached hydrogens (tertiary/aromatic N) is 2. The summed E-state index contributed by atoms with van der Waals surface area (Å²) in [4.78, 5) is 52.1. The van der Waals surface area contributed by atoms with Crippen LogP contribution >= 0.6 is 0 Å². The van der Waals surface area contributed by atoms with Gasteiger partial charge in [-0.2, -0.15) is 0 Å². The molecule has 3 rings (SSSR count). The maximum absolute atomic E-state index is 13.7. The van der Waals surface area contributed by atoms with Crippen LogP contribution in [0.15, 0.2) is 72.8 Å². The second-order valence-corrected chi connectivity index (χ2v) is 10.3.